The van der Waals surface area contributed by atoms with E-state index in [1.54, 1.807) is 9.80 Å². The van der Waals surface area contributed by atoms with Gasteiger partial charge in [-0.15, -0.1) is 0 Å². The summed E-state index contributed by atoms with van der Waals surface area (Å²) in [4.78, 5) is 39.7. The van der Waals surface area contributed by atoms with Gasteiger partial charge in [-0.2, -0.15) is 0 Å². The highest BCUT2D eigenvalue weighted by Crippen LogP contribution is 2.33. The van der Waals surface area contributed by atoms with Crippen LogP contribution in [0, 0.1) is 0 Å². The van der Waals surface area contributed by atoms with Gasteiger partial charge in [0.25, 0.3) is 0 Å². The molecule has 1 aromatic rings. The monoisotopic (exact) mass is 388 g/mol. The molecular weight excluding hydrogens is 360 g/mol. The summed E-state index contributed by atoms with van der Waals surface area (Å²) in [7, 11) is 0. The zero-order valence-electron chi connectivity index (χ0n) is 16.3. The fraction of sp³-hybridized carbons (Fsp3) is 0.571. The van der Waals surface area contributed by atoms with Gasteiger partial charge >= 0.3 is 5.97 Å². The molecule has 0 unspecified atom stereocenters. The molecule has 1 aromatic carbocycles. The van der Waals surface area contributed by atoms with Crippen LogP contribution in [-0.2, 0) is 25.5 Å². The first-order chi connectivity index (χ1) is 13.5. The highest BCUT2D eigenvalue weighted by Gasteiger charge is 2.33. The topological polar surface area (TPSA) is 87.2 Å². The number of hydrogen-bond donors (Lipinski definition) is 1. The van der Waals surface area contributed by atoms with Crippen molar-refractivity contribution in [3.63, 3.8) is 0 Å². The number of carboxylic acid groups (broad SMARTS) is 1. The first-order valence-electron chi connectivity index (χ1n) is 9.92. The Kier molecular flexibility index (Phi) is 6.67. The number of aliphatic carboxylic acids is 1. The molecule has 7 nitrogen and oxygen atoms in total. The smallest absolute Gasteiger partial charge is 0.305 e. The number of carbonyl (C=O) groups excluding carboxylic acids is 2. The van der Waals surface area contributed by atoms with Crippen LogP contribution in [0.2, 0.25) is 0 Å². The largest absolute Gasteiger partial charge is 0.481 e. The predicted octanol–water partition coefficient (Wildman–Crippen LogP) is 2.00. The predicted molar refractivity (Wildman–Crippen MR) is 103 cm³/mol. The number of carboxylic acids is 1. The Morgan fingerprint density at radius 3 is 2.75 bits per heavy atom. The van der Waals surface area contributed by atoms with Gasteiger partial charge in [0.1, 0.15) is 0 Å². The van der Waals surface area contributed by atoms with Crippen LogP contribution in [0.3, 0.4) is 0 Å². The third-order valence-corrected chi connectivity index (χ3v) is 5.58. The minimum atomic E-state index is -0.932. The van der Waals surface area contributed by atoms with Crippen molar-refractivity contribution >= 4 is 17.8 Å². The van der Waals surface area contributed by atoms with E-state index in [9.17, 15) is 14.4 Å². The average Bonchev–Trinajstić information content (AvgIpc) is 3.18. The maximum Gasteiger partial charge on any atom is 0.305 e. The van der Waals surface area contributed by atoms with Crippen LogP contribution in [0.15, 0.2) is 24.3 Å². The number of fused-ring (bicyclic) bond motifs is 1. The van der Waals surface area contributed by atoms with Crippen LogP contribution in [0.5, 0.6) is 0 Å². The fourth-order valence-electron chi connectivity index (χ4n) is 4.13. The van der Waals surface area contributed by atoms with Gasteiger partial charge in [0.15, 0.2) is 0 Å². The zero-order valence-corrected chi connectivity index (χ0v) is 16.3. The molecule has 1 saturated heterocycles. The molecule has 1 N–H and O–H groups in total. The van der Waals surface area contributed by atoms with Gasteiger partial charge in [0.05, 0.1) is 25.0 Å². The van der Waals surface area contributed by atoms with Crippen molar-refractivity contribution in [2.24, 2.45) is 0 Å². The molecular formula is C21H28N2O5. The molecule has 0 spiro atoms. The van der Waals surface area contributed by atoms with Crippen LogP contribution in [0.25, 0.3) is 0 Å². The molecule has 2 atom stereocenters. The molecule has 0 aliphatic carbocycles. The van der Waals surface area contributed by atoms with Crippen molar-refractivity contribution in [3.8, 4) is 0 Å². The molecule has 7 heteroatoms. The maximum atomic E-state index is 13.1. The van der Waals surface area contributed by atoms with E-state index in [1.165, 1.54) is 6.92 Å². The number of carbonyl (C=O) groups is 3. The van der Waals surface area contributed by atoms with E-state index in [0.29, 0.717) is 19.7 Å². The van der Waals surface area contributed by atoms with E-state index in [1.807, 2.05) is 24.3 Å². The Morgan fingerprint density at radius 1 is 1.29 bits per heavy atom. The van der Waals surface area contributed by atoms with Gasteiger partial charge in [0, 0.05) is 33.2 Å². The first kappa shape index (κ1) is 20.3. The molecule has 2 aliphatic rings. The number of ether oxygens (including phenoxy) is 1. The van der Waals surface area contributed by atoms with Crippen LogP contribution in [-0.4, -0.2) is 65.0 Å². The van der Waals surface area contributed by atoms with Gasteiger partial charge in [-0.3, -0.25) is 14.4 Å². The zero-order chi connectivity index (χ0) is 20.1. The SMILES string of the molecule is CC(=O)N1CCc2ccccc2[C@@H]1CC(=O)N(CCC(=O)O)C[C@H]1CCCO1. The Morgan fingerprint density at radius 2 is 2.07 bits per heavy atom. The van der Waals surface area contributed by atoms with Crippen molar-refractivity contribution in [1.82, 2.24) is 9.80 Å². The normalized spacial score (nSPS) is 21.2. The Labute approximate surface area is 165 Å². The summed E-state index contributed by atoms with van der Waals surface area (Å²) in [6, 6.07) is 7.60. The van der Waals surface area contributed by atoms with Crippen LogP contribution >= 0.6 is 0 Å². The van der Waals surface area contributed by atoms with Crippen LogP contribution < -0.4 is 0 Å². The molecule has 0 bridgehead atoms. The lowest BCUT2D eigenvalue weighted by Gasteiger charge is -2.37. The molecule has 2 heterocycles. The average molecular weight is 388 g/mol. The lowest BCUT2D eigenvalue weighted by atomic mass is 9.90. The molecule has 3 rings (SSSR count). The fourth-order valence-corrected chi connectivity index (χ4v) is 4.13. The van der Waals surface area contributed by atoms with E-state index in [0.717, 1.165) is 30.4 Å². The number of benzene rings is 1. The lowest BCUT2D eigenvalue weighted by molar-refractivity contribution is -0.140. The summed E-state index contributed by atoms with van der Waals surface area (Å²) >= 11 is 0. The number of amides is 2. The Balaban J connectivity index is 1.77. The molecule has 2 amide bonds. The van der Waals surface area contributed by atoms with E-state index in [-0.39, 0.29) is 43.3 Å². The Bertz CT molecular complexity index is 729. The second-order valence-electron chi connectivity index (χ2n) is 7.50. The van der Waals surface area contributed by atoms with Gasteiger partial charge in [-0.25, -0.2) is 0 Å². The number of hydrogen-bond acceptors (Lipinski definition) is 4. The summed E-state index contributed by atoms with van der Waals surface area (Å²) < 4.78 is 5.64. The summed E-state index contributed by atoms with van der Waals surface area (Å²) in [6.45, 7) is 3.36. The molecule has 152 valence electrons. The van der Waals surface area contributed by atoms with E-state index < -0.39 is 5.97 Å². The standard InChI is InChI=1S/C21H28N2O5/c1-15(24)23-11-8-16-5-2-3-7-18(16)19(23)13-20(25)22(10-9-21(26)27)14-17-6-4-12-28-17/h2-3,5,7,17,19H,4,6,8-14H2,1H3,(H,26,27)/t17-,19+/m1/s1. The van der Waals surface area contributed by atoms with E-state index in [4.69, 9.17) is 9.84 Å². The molecule has 0 saturated carbocycles. The molecule has 0 radical (unpaired) electrons. The Hall–Kier alpha value is -2.41. The van der Waals surface area contributed by atoms with E-state index in [2.05, 4.69) is 0 Å². The summed E-state index contributed by atoms with van der Waals surface area (Å²) in [5, 5.41) is 9.05. The van der Waals surface area contributed by atoms with Gasteiger partial charge < -0.3 is 19.6 Å². The van der Waals surface area contributed by atoms with Crippen LogP contribution in [0.4, 0.5) is 0 Å². The quantitative estimate of drug-likeness (QED) is 0.772. The molecule has 1 fully saturated rings. The van der Waals surface area contributed by atoms with Crippen molar-refractivity contribution in [1.29, 1.82) is 0 Å². The van der Waals surface area contributed by atoms with Gasteiger partial charge in [-0.05, 0) is 30.4 Å². The minimum absolute atomic E-state index is 0.0414. The van der Waals surface area contributed by atoms with Crippen molar-refractivity contribution in [2.45, 2.75) is 51.2 Å². The minimum Gasteiger partial charge on any atom is -0.481 e. The highest BCUT2D eigenvalue weighted by atomic mass is 16.5. The van der Waals surface area contributed by atoms with Crippen molar-refractivity contribution < 1.29 is 24.2 Å². The molecule has 0 aromatic heterocycles. The maximum absolute atomic E-state index is 13.1. The second kappa shape index (κ2) is 9.19. The molecule has 28 heavy (non-hydrogen) atoms. The second-order valence-corrected chi connectivity index (χ2v) is 7.50. The summed E-state index contributed by atoms with van der Waals surface area (Å²) in [6.07, 6.45) is 2.63. The third kappa shape index (κ3) is 4.90. The summed E-state index contributed by atoms with van der Waals surface area (Å²) in [5.74, 6) is -1.12. The third-order valence-electron chi connectivity index (χ3n) is 5.58. The lowest BCUT2D eigenvalue weighted by Crippen LogP contribution is -2.44. The number of rotatable bonds is 7. The van der Waals surface area contributed by atoms with Gasteiger partial charge in [-0.1, -0.05) is 24.3 Å². The highest BCUT2D eigenvalue weighted by molar-refractivity contribution is 5.80. The van der Waals surface area contributed by atoms with Gasteiger partial charge in [0.2, 0.25) is 11.8 Å². The van der Waals surface area contributed by atoms with E-state index >= 15 is 0 Å². The summed E-state index contributed by atoms with van der Waals surface area (Å²) in [5.41, 5.74) is 2.17. The van der Waals surface area contributed by atoms with Crippen LogP contribution in [0.1, 0.15) is 49.8 Å². The first-order valence-corrected chi connectivity index (χ1v) is 9.92. The molecule has 2 aliphatic heterocycles. The van der Waals surface area contributed by atoms with Crippen molar-refractivity contribution in [2.75, 3.05) is 26.2 Å². The number of nitrogens with zero attached hydrogens (tertiary/aromatic N) is 2. The van der Waals surface area contributed by atoms with Crippen molar-refractivity contribution in [3.05, 3.63) is 35.4 Å².